The van der Waals surface area contributed by atoms with Crippen LogP contribution in [0.2, 0.25) is 0 Å². The predicted octanol–water partition coefficient (Wildman–Crippen LogP) is 1.84. The van der Waals surface area contributed by atoms with Gasteiger partial charge in [0, 0.05) is 0 Å². The lowest BCUT2D eigenvalue weighted by atomic mass is 9.98. The van der Waals surface area contributed by atoms with Gasteiger partial charge in [-0.3, -0.25) is 4.90 Å². The molecule has 1 saturated heterocycles. The lowest BCUT2D eigenvalue weighted by molar-refractivity contribution is -0.157. The number of hydrogen-bond donors (Lipinski definition) is 0. The van der Waals surface area contributed by atoms with Crippen LogP contribution in [0, 0.1) is 0 Å². The van der Waals surface area contributed by atoms with E-state index in [0.29, 0.717) is 13.2 Å². The Kier molecular flexibility index (Phi) is 4.56. The third-order valence-electron chi connectivity index (χ3n) is 3.83. The molecule has 0 N–H and O–H groups in total. The monoisotopic (exact) mass is 263 g/mol. The first-order valence-electron chi connectivity index (χ1n) is 6.60. The SMILES string of the molecule is COC(=O)C1(COCc2ccccc2)CCCN1C. The van der Waals surface area contributed by atoms with E-state index in [4.69, 9.17) is 9.47 Å². The van der Waals surface area contributed by atoms with Gasteiger partial charge in [-0.25, -0.2) is 4.79 Å². The van der Waals surface area contributed by atoms with E-state index < -0.39 is 5.54 Å². The third-order valence-corrected chi connectivity index (χ3v) is 3.83. The molecule has 1 aliphatic rings. The van der Waals surface area contributed by atoms with Crippen molar-refractivity contribution in [3.05, 3.63) is 35.9 Å². The van der Waals surface area contributed by atoms with Gasteiger partial charge in [-0.2, -0.15) is 0 Å². The van der Waals surface area contributed by atoms with Crippen LogP contribution in [0.15, 0.2) is 30.3 Å². The Labute approximate surface area is 114 Å². The van der Waals surface area contributed by atoms with Gasteiger partial charge >= 0.3 is 5.97 Å². The van der Waals surface area contributed by atoms with Crippen LogP contribution in [0.1, 0.15) is 18.4 Å². The number of nitrogens with zero attached hydrogens (tertiary/aromatic N) is 1. The smallest absolute Gasteiger partial charge is 0.328 e. The molecular weight excluding hydrogens is 242 g/mol. The summed E-state index contributed by atoms with van der Waals surface area (Å²) >= 11 is 0. The minimum Gasteiger partial charge on any atom is -0.468 e. The molecule has 0 amide bonds. The van der Waals surface area contributed by atoms with Gasteiger partial charge in [-0.05, 0) is 32.0 Å². The second-order valence-corrected chi connectivity index (χ2v) is 5.03. The van der Waals surface area contributed by atoms with E-state index in [1.54, 1.807) is 0 Å². The van der Waals surface area contributed by atoms with Crippen molar-refractivity contribution in [1.82, 2.24) is 4.90 Å². The van der Waals surface area contributed by atoms with Crippen molar-refractivity contribution >= 4 is 5.97 Å². The van der Waals surface area contributed by atoms with Crippen molar-refractivity contribution in [2.24, 2.45) is 0 Å². The number of likely N-dealkylation sites (tertiary alicyclic amines) is 1. The highest BCUT2D eigenvalue weighted by atomic mass is 16.5. The highest BCUT2D eigenvalue weighted by Gasteiger charge is 2.46. The molecule has 0 radical (unpaired) electrons. The van der Waals surface area contributed by atoms with Crippen LogP contribution >= 0.6 is 0 Å². The first-order valence-corrected chi connectivity index (χ1v) is 6.60. The first-order chi connectivity index (χ1) is 9.19. The van der Waals surface area contributed by atoms with E-state index in [-0.39, 0.29) is 5.97 Å². The molecule has 0 saturated carbocycles. The molecule has 1 aromatic rings. The highest BCUT2D eigenvalue weighted by Crippen LogP contribution is 2.29. The fourth-order valence-electron chi connectivity index (χ4n) is 2.61. The van der Waals surface area contributed by atoms with Gasteiger partial charge < -0.3 is 9.47 Å². The summed E-state index contributed by atoms with van der Waals surface area (Å²) in [5.74, 6) is -0.194. The van der Waals surface area contributed by atoms with Gasteiger partial charge in [-0.15, -0.1) is 0 Å². The molecule has 1 fully saturated rings. The van der Waals surface area contributed by atoms with Gasteiger partial charge in [0.1, 0.15) is 5.54 Å². The van der Waals surface area contributed by atoms with Gasteiger partial charge in [0.15, 0.2) is 0 Å². The number of methoxy groups -OCH3 is 1. The number of carbonyl (C=O) groups excluding carboxylic acids is 1. The Bertz CT molecular complexity index is 421. The maximum Gasteiger partial charge on any atom is 0.328 e. The molecule has 0 spiro atoms. The van der Waals surface area contributed by atoms with E-state index in [0.717, 1.165) is 24.9 Å². The van der Waals surface area contributed by atoms with Gasteiger partial charge in [0.2, 0.25) is 0 Å². The van der Waals surface area contributed by atoms with Crippen molar-refractivity contribution in [1.29, 1.82) is 0 Å². The number of hydrogen-bond acceptors (Lipinski definition) is 4. The zero-order chi connectivity index (χ0) is 13.7. The quantitative estimate of drug-likeness (QED) is 0.760. The molecule has 4 heteroatoms. The summed E-state index contributed by atoms with van der Waals surface area (Å²) in [6.07, 6.45) is 1.80. The standard InChI is InChI=1S/C15H21NO3/c1-16-10-6-9-15(16,14(17)18-2)12-19-11-13-7-4-3-5-8-13/h3-5,7-8H,6,9-12H2,1-2H3. The van der Waals surface area contributed by atoms with Crippen molar-refractivity contribution in [3.8, 4) is 0 Å². The Hall–Kier alpha value is -1.39. The molecule has 0 aromatic heterocycles. The summed E-state index contributed by atoms with van der Waals surface area (Å²) < 4.78 is 10.7. The van der Waals surface area contributed by atoms with E-state index in [1.807, 2.05) is 42.3 Å². The third kappa shape index (κ3) is 2.96. The normalized spacial score (nSPS) is 23.5. The molecule has 1 aromatic carbocycles. The Morgan fingerprint density at radius 2 is 2.11 bits per heavy atom. The average molecular weight is 263 g/mol. The first kappa shape index (κ1) is 14.0. The second kappa shape index (κ2) is 6.17. The highest BCUT2D eigenvalue weighted by molar-refractivity contribution is 5.81. The van der Waals surface area contributed by atoms with Crippen LogP contribution in [0.3, 0.4) is 0 Å². The van der Waals surface area contributed by atoms with E-state index in [9.17, 15) is 4.79 Å². The summed E-state index contributed by atoms with van der Waals surface area (Å²) in [4.78, 5) is 14.1. The van der Waals surface area contributed by atoms with Crippen LogP contribution in [-0.4, -0.2) is 43.7 Å². The molecule has 104 valence electrons. The molecule has 0 aliphatic carbocycles. The number of rotatable bonds is 5. The average Bonchev–Trinajstić information content (AvgIpc) is 2.81. The Morgan fingerprint density at radius 1 is 1.37 bits per heavy atom. The van der Waals surface area contributed by atoms with E-state index in [2.05, 4.69) is 0 Å². The summed E-state index contributed by atoms with van der Waals surface area (Å²) in [5.41, 5.74) is 0.506. The molecule has 1 atom stereocenters. The van der Waals surface area contributed by atoms with Gasteiger partial charge in [0.25, 0.3) is 0 Å². The number of benzene rings is 1. The molecule has 4 nitrogen and oxygen atoms in total. The minimum absolute atomic E-state index is 0.194. The number of likely N-dealkylation sites (N-methyl/N-ethyl adjacent to an activating group) is 1. The lowest BCUT2D eigenvalue weighted by Crippen LogP contribution is -2.52. The summed E-state index contributed by atoms with van der Waals surface area (Å²) in [6, 6.07) is 9.98. The fraction of sp³-hybridized carbons (Fsp3) is 0.533. The predicted molar refractivity (Wildman–Crippen MR) is 72.7 cm³/mol. The molecule has 0 bridgehead atoms. The number of carbonyl (C=O) groups is 1. The topological polar surface area (TPSA) is 38.8 Å². The molecule has 1 heterocycles. The summed E-state index contributed by atoms with van der Waals surface area (Å²) in [5, 5.41) is 0. The summed E-state index contributed by atoms with van der Waals surface area (Å²) in [7, 11) is 3.39. The molecule has 1 aliphatic heterocycles. The maximum absolute atomic E-state index is 12.0. The zero-order valence-electron chi connectivity index (χ0n) is 11.6. The Morgan fingerprint density at radius 3 is 2.68 bits per heavy atom. The minimum atomic E-state index is -0.608. The van der Waals surface area contributed by atoms with Crippen molar-refractivity contribution < 1.29 is 14.3 Å². The van der Waals surface area contributed by atoms with Gasteiger partial charge in [0.05, 0.1) is 20.3 Å². The molecule has 19 heavy (non-hydrogen) atoms. The van der Waals surface area contributed by atoms with Crippen molar-refractivity contribution in [2.75, 3.05) is 27.3 Å². The zero-order valence-corrected chi connectivity index (χ0v) is 11.6. The second-order valence-electron chi connectivity index (χ2n) is 5.03. The summed E-state index contributed by atoms with van der Waals surface area (Å²) in [6.45, 7) is 1.81. The number of esters is 1. The van der Waals surface area contributed by atoms with Crippen LogP contribution in [-0.2, 0) is 20.9 Å². The largest absolute Gasteiger partial charge is 0.468 e. The van der Waals surface area contributed by atoms with E-state index in [1.165, 1.54) is 7.11 Å². The van der Waals surface area contributed by atoms with E-state index >= 15 is 0 Å². The maximum atomic E-state index is 12.0. The van der Waals surface area contributed by atoms with Crippen molar-refractivity contribution in [3.63, 3.8) is 0 Å². The van der Waals surface area contributed by atoms with Gasteiger partial charge in [-0.1, -0.05) is 30.3 Å². The molecule has 1 unspecified atom stereocenters. The van der Waals surface area contributed by atoms with Crippen molar-refractivity contribution in [2.45, 2.75) is 25.0 Å². The van der Waals surface area contributed by atoms with Crippen LogP contribution in [0.25, 0.3) is 0 Å². The number of ether oxygens (including phenoxy) is 2. The van der Waals surface area contributed by atoms with Crippen LogP contribution < -0.4 is 0 Å². The molecule has 2 rings (SSSR count). The molecular formula is C15H21NO3. The lowest BCUT2D eigenvalue weighted by Gasteiger charge is -2.32. The van der Waals surface area contributed by atoms with Crippen LogP contribution in [0.5, 0.6) is 0 Å². The Balaban J connectivity index is 1.96. The fourth-order valence-corrected chi connectivity index (χ4v) is 2.61. The van der Waals surface area contributed by atoms with Crippen LogP contribution in [0.4, 0.5) is 0 Å².